The molecule has 0 aliphatic carbocycles. The first kappa shape index (κ1) is 54.6. The molecule has 1 atom stereocenters. The van der Waals surface area contributed by atoms with Crippen LogP contribution in [0.3, 0.4) is 0 Å². The SMILES string of the molecule is CCCC/C=C\CCCCCCCC(=O)OCC(COC(=O)CCCCCCCC/C=C\C=C/CCCCC)OC(=O)CCCCCCCCCCCCCCC. The van der Waals surface area contributed by atoms with Crippen LogP contribution < -0.4 is 0 Å². The van der Waals surface area contributed by atoms with Gasteiger partial charge in [-0.2, -0.15) is 0 Å². The van der Waals surface area contributed by atoms with E-state index in [1.165, 1.54) is 141 Å². The van der Waals surface area contributed by atoms with Gasteiger partial charge < -0.3 is 14.2 Å². The zero-order chi connectivity index (χ0) is 41.5. The number of unbranched alkanes of at least 4 members (excludes halogenated alkanes) is 28. The third-order valence-electron chi connectivity index (χ3n) is 10.6. The fourth-order valence-electron chi connectivity index (χ4n) is 6.88. The lowest BCUT2D eigenvalue weighted by atomic mass is 10.0. The van der Waals surface area contributed by atoms with E-state index in [2.05, 4.69) is 57.2 Å². The number of ether oxygens (including phenoxy) is 3. The molecule has 0 N–H and O–H groups in total. The molecule has 1 unspecified atom stereocenters. The monoisotopic (exact) mass is 801 g/mol. The molecular formula is C51H92O6. The summed E-state index contributed by atoms with van der Waals surface area (Å²) < 4.78 is 16.7. The van der Waals surface area contributed by atoms with E-state index in [-0.39, 0.29) is 31.1 Å². The molecule has 0 aromatic heterocycles. The van der Waals surface area contributed by atoms with Gasteiger partial charge in [0, 0.05) is 19.3 Å². The van der Waals surface area contributed by atoms with Crippen molar-refractivity contribution in [2.75, 3.05) is 13.2 Å². The standard InChI is InChI=1S/C51H92O6/c1-4-7-10-13-16-19-22-24-25-27-29-32-35-38-41-44-50(53)56-47-48(46-55-49(52)43-40-37-34-31-28-21-18-15-12-9-6-3)57-51(54)45-42-39-36-33-30-26-23-20-17-14-11-8-5-2/h15-16,18-19,22,24,48H,4-14,17,20-21,23,25-47H2,1-3H3/b18-15-,19-16-,24-22-. The molecule has 0 bridgehead atoms. The zero-order valence-electron chi connectivity index (χ0n) is 37.9. The highest BCUT2D eigenvalue weighted by atomic mass is 16.6. The highest BCUT2D eigenvalue weighted by Gasteiger charge is 2.19. The van der Waals surface area contributed by atoms with E-state index >= 15 is 0 Å². The molecule has 0 amide bonds. The lowest BCUT2D eigenvalue weighted by molar-refractivity contribution is -0.167. The lowest BCUT2D eigenvalue weighted by Crippen LogP contribution is -2.30. The quantitative estimate of drug-likeness (QED) is 0.0201. The maximum atomic E-state index is 12.7. The van der Waals surface area contributed by atoms with Gasteiger partial charge in [-0.05, 0) is 64.2 Å². The van der Waals surface area contributed by atoms with Crippen molar-refractivity contribution in [2.45, 2.75) is 258 Å². The second kappa shape index (κ2) is 46.3. The Morgan fingerprint density at radius 1 is 0.351 bits per heavy atom. The topological polar surface area (TPSA) is 78.9 Å². The Kier molecular flexibility index (Phi) is 44.4. The molecule has 332 valence electrons. The minimum atomic E-state index is -0.775. The number of esters is 3. The average Bonchev–Trinajstić information content (AvgIpc) is 3.21. The van der Waals surface area contributed by atoms with Gasteiger partial charge >= 0.3 is 17.9 Å². The molecule has 0 aliphatic heterocycles. The maximum absolute atomic E-state index is 12.7. The predicted molar refractivity (Wildman–Crippen MR) is 242 cm³/mol. The molecule has 0 radical (unpaired) electrons. The normalized spacial score (nSPS) is 12.3. The van der Waals surface area contributed by atoms with Crippen molar-refractivity contribution in [1.29, 1.82) is 0 Å². The van der Waals surface area contributed by atoms with Crippen LogP contribution in [0.15, 0.2) is 36.5 Å². The summed E-state index contributed by atoms with van der Waals surface area (Å²) in [6.07, 6.45) is 52.6. The van der Waals surface area contributed by atoms with Gasteiger partial charge in [-0.3, -0.25) is 14.4 Å². The van der Waals surface area contributed by atoms with Crippen LogP contribution in [0.1, 0.15) is 252 Å². The van der Waals surface area contributed by atoms with E-state index < -0.39 is 6.10 Å². The Bertz CT molecular complexity index is 969. The van der Waals surface area contributed by atoms with Gasteiger partial charge in [-0.1, -0.05) is 205 Å². The minimum absolute atomic E-state index is 0.0781. The molecule has 57 heavy (non-hydrogen) atoms. The molecule has 0 fully saturated rings. The fourth-order valence-corrected chi connectivity index (χ4v) is 6.88. The highest BCUT2D eigenvalue weighted by molar-refractivity contribution is 5.71. The van der Waals surface area contributed by atoms with Crippen LogP contribution in [-0.2, 0) is 28.6 Å². The fraction of sp³-hybridized carbons (Fsp3) is 0.824. The minimum Gasteiger partial charge on any atom is -0.462 e. The van der Waals surface area contributed by atoms with Gasteiger partial charge in [0.2, 0.25) is 0 Å². The second-order valence-electron chi connectivity index (χ2n) is 16.4. The highest BCUT2D eigenvalue weighted by Crippen LogP contribution is 2.15. The van der Waals surface area contributed by atoms with Crippen molar-refractivity contribution < 1.29 is 28.6 Å². The van der Waals surface area contributed by atoms with Crippen LogP contribution in [0, 0.1) is 0 Å². The number of hydrogen-bond donors (Lipinski definition) is 0. The van der Waals surface area contributed by atoms with Crippen LogP contribution in [0.4, 0.5) is 0 Å². The predicted octanol–water partition coefficient (Wildman–Crippen LogP) is 15.8. The second-order valence-corrected chi connectivity index (χ2v) is 16.4. The molecule has 6 nitrogen and oxygen atoms in total. The Balaban J connectivity index is 4.37. The molecule has 0 saturated heterocycles. The van der Waals surface area contributed by atoms with Crippen LogP contribution in [0.2, 0.25) is 0 Å². The first-order valence-corrected chi connectivity index (χ1v) is 24.5. The van der Waals surface area contributed by atoms with Gasteiger partial charge in [0.05, 0.1) is 0 Å². The lowest BCUT2D eigenvalue weighted by Gasteiger charge is -2.18. The molecule has 6 heteroatoms. The molecule has 0 aliphatic rings. The van der Waals surface area contributed by atoms with E-state index in [0.29, 0.717) is 19.3 Å². The van der Waals surface area contributed by atoms with Crippen molar-refractivity contribution >= 4 is 17.9 Å². The Morgan fingerprint density at radius 3 is 1.07 bits per heavy atom. The number of hydrogen-bond acceptors (Lipinski definition) is 6. The van der Waals surface area contributed by atoms with Gasteiger partial charge in [0.1, 0.15) is 13.2 Å². The number of carbonyl (C=O) groups excluding carboxylic acids is 3. The van der Waals surface area contributed by atoms with Crippen molar-refractivity contribution in [3.8, 4) is 0 Å². The number of carbonyl (C=O) groups is 3. The maximum Gasteiger partial charge on any atom is 0.306 e. The number of rotatable bonds is 44. The summed E-state index contributed by atoms with van der Waals surface area (Å²) in [5.41, 5.74) is 0. The molecule has 0 aromatic carbocycles. The number of allylic oxidation sites excluding steroid dienone is 6. The average molecular weight is 801 g/mol. The van der Waals surface area contributed by atoms with E-state index in [1.54, 1.807) is 0 Å². The summed E-state index contributed by atoms with van der Waals surface area (Å²) in [7, 11) is 0. The molecule has 0 spiro atoms. The Hall–Kier alpha value is -2.37. The summed E-state index contributed by atoms with van der Waals surface area (Å²) in [6.45, 7) is 6.56. The van der Waals surface area contributed by atoms with Crippen LogP contribution in [-0.4, -0.2) is 37.2 Å². The van der Waals surface area contributed by atoms with E-state index in [1.807, 2.05) is 0 Å². The molecule has 0 saturated carbocycles. The van der Waals surface area contributed by atoms with Gasteiger partial charge in [0.15, 0.2) is 6.10 Å². The first-order valence-electron chi connectivity index (χ1n) is 24.5. The largest absolute Gasteiger partial charge is 0.462 e. The third kappa shape index (κ3) is 44.6. The van der Waals surface area contributed by atoms with Gasteiger partial charge in [0.25, 0.3) is 0 Å². The molecule has 0 aromatic rings. The molecule has 0 heterocycles. The van der Waals surface area contributed by atoms with Crippen LogP contribution in [0.25, 0.3) is 0 Å². The third-order valence-corrected chi connectivity index (χ3v) is 10.6. The zero-order valence-corrected chi connectivity index (χ0v) is 37.9. The smallest absolute Gasteiger partial charge is 0.306 e. The molecular weight excluding hydrogens is 709 g/mol. The summed E-state index contributed by atoms with van der Waals surface area (Å²) in [4.78, 5) is 37.8. The van der Waals surface area contributed by atoms with Crippen molar-refractivity contribution in [3.63, 3.8) is 0 Å². The summed E-state index contributed by atoms with van der Waals surface area (Å²) in [6, 6.07) is 0. The summed E-state index contributed by atoms with van der Waals surface area (Å²) in [5, 5.41) is 0. The van der Waals surface area contributed by atoms with Crippen molar-refractivity contribution in [2.24, 2.45) is 0 Å². The molecule has 0 rings (SSSR count). The van der Waals surface area contributed by atoms with Crippen LogP contribution in [0.5, 0.6) is 0 Å². The Morgan fingerprint density at radius 2 is 0.649 bits per heavy atom. The van der Waals surface area contributed by atoms with Crippen molar-refractivity contribution in [1.82, 2.24) is 0 Å². The summed E-state index contributed by atoms with van der Waals surface area (Å²) in [5.74, 6) is -0.892. The summed E-state index contributed by atoms with van der Waals surface area (Å²) >= 11 is 0. The Labute approximate surface area is 353 Å². The van der Waals surface area contributed by atoms with Crippen molar-refractivity contribution in [3.05, 3.63) is 36.5 Å². The van der Waals surface area contributed by atoms with E-state index in [9.17, 15) is 14.4 Å². The van der Waals surface area contributed by atoms with Gasteiger partial charge in [-0.25, -0.2) is 0 Å². The van der Waals surface area contributed by atoms with Gasteiger partial charge in [-0.15, -0.1) is 0 Å². The van der Waals surface area contributed by atoms with Crippen LogP contribution >= 0.6 is 0 Å². The first-order chi connectivity index (χ1) is 28.0. The van der Waals surface area contributed by atoms with E-state index in [4.69, 9.17) is 14.2 Å². The van der Waals surface area contributed by atoms with E-state index in [0.717, 1.165) is 70.6 Å².